The summed E-state index contributed by atoms with van der Waals surface area (Å²) in [6, 6.07) is 0. The highest BCUT2D eigenvalue weighted by molar-refractivity contribution is 5.28. The molecule has 0 saturated carbocycles. The highest BCUT2D eigenvalue weighted by Crippen LogP contribution is 2.21. The van der Waals surface area contributed by atoms with Gasteiger partial charge in [0.1, 0.15) is 0 Å². The molecule has 2 heteroatoms. The maximum atomic E-state index is 10.1. The summed E-state index contributed by atoms with van der Waals surface area (Å²) in [6.45, 7) is 3.03. The van der Waals surface area contributed by atoms with Crippen LogP contribution in [0.3, 0.4) is 0 Å². The fraction of sp³-hybridized carbons (Fsp3) is 0.714. The van der Waals surface area contributed by atoms with E-state index in [9.17, 15) is 10.2 Å². The molecule has 0 amide bonds. The van der Waals surface area contributed by atoms with E-state index in [1.807, 2.05) is 0 Å². The van der Waals surface area contributed by atoms with Crippen molar-refractivity contribution in [1.82, 2.24) is 0 Å². The van der Waals surface area contributed by atoms with Gasteiger partial charge in [-0.05, 0) is 26.7 Å². The lowest BCUT2D eigenvalue weighted by Crippen LogP contribution is -2.48. The second-order valence-corrected chi connectivity index (χ2v) is 4.66. The Morgan fingerprint density at radius 1 is 0.750 bits per heavy atom. The van der Waals surface area contributed by atoms with Gasteiger partial charge in [0.2, 0.25) is 0 Å². The Bertz CT molecular complexity index is 308. The van der Waals surface area contributed by atoms with E-state index in [1.54, 1.807) is 0 Å². The summed E-state index contributed by atoms with van der Waals surface area (Å²) in [7, 11) is 0. The first-order chi connectivity index (χ1) is 7.46. The second kappa shape index (κ2) is 5.39. The van der Waals surface area contributed by atoms with Gasteiger partial charge in [0.15, 0.2) is 11.2 Å². The molecule has 0 aromatic heterocycles. The SMILES string of the molecule is CC1(O)C#CCCCCCCC#CC1(C)O. The molecule has 2 atom stereocenters. The molecule has 0 aliphatic heterocycles. The van der Waals surface area contributed by atoms with Crippen molar-refractivity contribution in [3.63, 3.8) is 0 Å². The van der Waals surface area contributed by atoms with E-state index in [-0.39, 0.29) is 0 Å². The third kappa shape index (κ3) is 3.56. The molecule has 1 aliphatic carbocycles. The molecule has 0 fully saturated rings. The minimum atomic E-state index is -1.46. The first-order valence-electron chi connectivity index (χ1n) is 5.90. The predicted octanol–water partition coefficient (Wildman–Crippen LogP) is 1.85. The van der Waals surface area contributed by atoms with Crippen molar-refractivity contribution in [3.8, 4) is 23.7 Å². The van der Waals surface area contributed by atoms with E-state index in [0.29, 0.717) is 0 Å². The van der Waals surface area contributed by atoms with Gasteiger partial charge in [-0.25, -0.2) is 0 Å². The van der Waals surface area contributed by atoms with E-state index in [2.05, 4.69) is 23.7 Å². The van der Waals surface area contributed by atoms with Crippen LogP contribution >= 0.6 is 0 Å². The molecule has 2 nitrogen and oxygen atoms in total. The molecule has 2 N–H and O–H groups in total. The fourth-order valence-corrected chi connectivity index (χ4v) is 1.49. The van der Waals surface area contributed by atoms with Crippen molar-refractivity contribution in [3.05, 3.63) is 0 Å². The topological polar surface area (TPSA) is 40.5 Å². The van der Waals surface area contributed by atoms with Crippen molar-refractivity contribution in [2.75, 3.05) is 0 Å². The molecule has 16 heavy (non-hydrogen) atoms. The van der Waals surface area contributed by atoms with Gasteiger partial charge in [-0.3, -0.25) is 0 Å². The van der Waals surface area contributed by atoms with Crippen LogP contribution in [0, 0.1) is 23.7 Å². The molecule has 88 valence electrons. The summed E-state index contributed by atoms with van der Waals surface area (Å²) in [4.78, 5) is 0. The highest BCUT2D eigenvalue weighted by Gasteiger charge is 2.39. The normalized spacial score (nSPS) is 35.8. The molecule has 1 rings (SSSR count). The van der Waals surface area contributed by atoms with E-state index < -0.39 is 11.2 Å². The van der Waals surface area contributed by atoms with Crippen LogP contribution in [0.15, 0.2) is 0 Å². The first kappa shape index (κ1) is 13.1. The Morgan fingerprint density at radius 2 is 1.12 bits per heavy atom. The Hall–Kier alpha value is -0.960. The van der Waals surface area contributed by atoms with E-state index >= 15 is 0 Å². The maximum absolute atomic E-state index is 10.1. The lowest BCUT2D eigenvalue weighted by molar-refractivity contribution is -0.0553. The lowest BCUT2D eigenvalue weighted by Gasteiger charge is -2.29. The average Bonchev–Trinajstić information content (AvgIpc) is 2.19. The minimum Gasteiger partial charge on any atom is -0.374 e. The van der Waals surface area contributed by atoms with Gasteiger partial charge in [0, 0.05) is 12.8 Å². The lowest BCUT2D eigenvalue weighted by atomic mass is 9.86. The summed E-state index contributed by atoms with van der Waals surface area (Å²) in [5, 5.41) is 20.1. The Balaban J connectivity index is 2.88. The van der Waals surface area contributed by atoms with Gasteiger partial charge in [0.05, 0.1) is 0 Å². The Morgan fingerprint density at radius 3 is 1.50 bits per heavy atom. The summed E-state index contributed by atoms with van der Waals surface area (Å²) < 4.78 is 0. The molecule has 0 spiro atoms. The summed E-state index contributed by atoms with van der Waals surface area (Å²) in [5.41, 5.74) is -2.92. The molecule has 0 bridgehead atoms. The van der Waals surface area contributed by atoms with Crippen LogP contribution in [-0.2, 0) is 0 Å². The number of aliphatic hydroxyl groups is 2. The molecular formula is C14H20O2. The van der Waals surface area contributed by atoms with Crippen LogP contribution in [0.4, 0.5) is 0 Å². The quantitative estimate of drug-likeness (QED) is 0.612. The fourth-order valence-electron chi connectivity index (χ4n) is 1.49. The number of hydrogen-bond acceptors (Lipinski definition) is 2. The van der Waals surface area contributed by atoms with Gasteiger partial charge >= 0.3 is 0 Å². The highest BCUT2D eigenvalue weighted by atomic mass is 16.3. The van der Waals surface area contributed by atoms with E-state index in [4.69, 9.17) is 0 Å². The van der Waals surface area contributed by atoms with Gasteiger partial charge in [0.25, 0.3) is 0 Å². The summed E-state index contributed by atoms with van der Waals surface area (Å²) in [6.07, 6.45) is 5.99. The molecule has 2 unspecified atom stereocenters. The largest absolute Gasteiger partial charge is 0.374 e. The minimum absolute atomic E-state index is 0.777. The van der Waals surface area contributed by atoms with Crippen molar-refractivity contribution < 1.29 is 10.2 Å². The molecular weight excluding hydrogens is 200 g/mol. The molecule has 0 heterocycles. The van der Waals surface area contributed by atoms with Crippen molar-refractivity contribution >= 4 is 0 Å². The van der Waals surface area contributed by atoms with Crippen LogP contribution in [0.1, 0.15) is 52.4 Å². The first-order valence-corrected chi connectivity index (χ1v) is 5.90. The van der Waals surface area contributed by atoms with Crippen LogP contribution < -0.4 is 0 Å². The van der Waals surface area contributed by atoms with Gasteiger partial charge in [-0.2, -0.15) is 0 Å². The van der Waals surface area contributed by atoms with Crippen molar-refractivity contribution in [2.24, 2.45) is 0 Å². The van der Waals surface area contributed by atoms with Gasteiger partial charge in [-0.1, -0.05) is 24.7 Å². The van der Waals surface area contributed by atoms with Crippen molar-refractivity contribution in [1.29, 1.82) is 0 Å². The summed E-state index contributed by atoms with van der Waals surface area (Å²) >= 11 is 0. The molecule has 0 aromatic rings. The van der Waals surface area contributed by atoms with Crippen molar-refractivity contribution in [2.45, 2.75) is 63.6 Å². The second-order valence-electron chi connectivity index (χ2n) is 4.66. The van der Waals surface area contributed by atoms with Gasteiger partial charge < -0.3 is 10.2 Å². The van der Waals surface area contributed by atoms with Crippen LogP contribution in [0.5, 0.6) is 0 Å². The zero-order valence-corrected chi connectivity index (χ0v) is 10.1. The molecule has 0 saturated heterocycles. The van der Waals surface area contributed by atoms with Gasteiger partial charge in [-0.15, -0.1) is 11.8 Å². The molecule has 0 aromatic carbocycles. The van der Waals surface area contributed by atoms with Crippen LogP contribution in [0.25, 0.3) is 0 Å². The van der Waals surface area contributed by atoms with Crippen LogP contribution in [0.2, 0.25) is 0 Å². The Kier molecular flexibility index (Phi) is 4.42. The van der Waals surface area contributed by atoms with E-state index in [0.717, 1.165) is 38.5 Å². The number of hydrogen-bond donors (Lipinski definition) is 2. The van der Waals surface area contributed by atoms with Crippen LogP contribution in [-0.4, -0.2) is 21.4 Å². The zero-order valence-electron chi connectivity index (χ0n) is 10.1. The third-order valence-corrected chi connectivity index (χ3v) is 2.97. The third-order valence-electron chi connectivity index (χ3n) is 2.97. The smallest absolute Gasteiger partial charge is 0.162 e. The average molecular weight is 220 g/mol. The molecule has 0 radical (unpaired) electrons. The Labute approximate surface area is 98.1 Å². The maximum Gasteiger partial charge on any atom is 0.162 e. The molecule has 1 aliphatic rings. The number of rotatable bonds is 0. The summed E-state index contributed by atoms with van der Waals surface area (Å²) in [5.74, 6) is 11.3. The predicted molar refractivity (Wildman–Crippen MR) is 64.5 cm³/mol. The van der Waals surface area contributed by atoms with E-state index in [1.165, 1.54) is 13.8 Å². The zero-order chi connectivity index (χ0) is 12.1. The monoisotopic (exact) mass is 220 g/mol. The standard InChI is InChI=1S/C14H20O2/c1-13(15)11-9-7-5-3-4-6-8-10-12-14(13,2)16/h15-16H,3-8H2,1-2H3.